The van der Waals surface area contributed by atoms with Crippen LogP contribution in [0, 0.1) is 5.92 Å². The minimum Gasteiger partial charge on any atom is -0.339 e. The van der Waals surface area contributed by atoms with Gasteiger partial charge in [0.1, 0.15) is 6.33 Å². The number of piperidine rings is 1. The summed E-state index contributed by atoms with van der Waals surface area (Å²) in [6, 6.07) is 5.30. The number of carbonyl (C=O) groups is 1. The summed E-state index contributed by atoms with van der Waals surface area (Å²) in [6.07, 6.45) is 3.30. The van der Waals surface area contributed by atoms with E-state index < -0.39 is 0 Å². The van der Waals surface area contributed by atoms with E-state index in [9.17, 15) is 4.79 Å². The van der Waals surface area contributed by atoms with Gasteiger partial charge in [0.15, 0.2) is 0 Å². The molecule has 1 amide bonds. The van der Waals surface area contributed by atoms with Gasteiger partial charge >= 0.3 is 0 Å². The number of carbonyl (C=O) groups excluding carboxylic acids is 1. The minimum atomic E-state index is -0.0545. The van der Waals surface area contributed by atoms with Crippen LogP contribution in [0.4, 0.5) is 0 Å². The summed E-state index contributed by atoms with van der Waals surface area (Å²) in [6.45, 7) is 3.42. The first kappa shape index (κ1) is 15.9. The standard InChI is InChI=1S/C15H19ClN6O/c1-10(17)11-4-6-21(7-5-11)15(23)13-8-12(16)2-3-14(13)22-9-18-19-20-22/h2-3,8-11H,4-7,17H2,1H3. The molecular formula is C15H19ClN6O. The molecule has 1 aromatic heterocycles. The second kappa shape index (κ2) is 6.64. The molecule has 1 unspecified atom stereocenters. The van der Waals surface area contributed by atoms with E-state index in [1.54, 1.807) is 18.2 Å². The number of benzene rings is 1. The van der Waals surface area contributed by atoms with E-state index in [1.807, 2.05) is 11.8 Å². The lowest BCUT2D eigenvalue weighted by Crippen LogP contribution is -2.42. The number of likely N-dealkylation sites (tertiary alicyclic amines) is 1. The van der Waals surface area contributed by atoms with Crippen molar-refractivity contribution in [1.82, 2.24) is 25.1 Å². The summed E-state index contributed by atoms with van der Waals surface area (Å²) in [5.74, 6) is 0.415. The third-order valence-corrected chi connectivity index (χ3v) is 4.59. The van der Waals surface area contributed by atoms with Crippen molar-refractivity contribution < 1.29 is 4.79 Å². The Morgan fingerprint density at radius 1 is 1.39 bits per heavy atom. The number of hydrogen-bond donors (Lipinski definition) is 1. The van der Waals surface area contributed by atoms with Crippen molar-refractivity contribution in [2.24, 2.45) is 11.7 Å². The van der Waals surface area contributed by atoms with Crippen molar-refractivity contribution in [3.8, 4) is 5.69 Å². The highest BCUT2D eigenvalue weighted by atomic mass is 35.5. The lowest BCUT2D eigenvalue weighted by atomic mass is 9.90. The Morgan fingerprint density at radius 2 is 2.13 bits per heavy atom. The van der Waals surface area contributed by atoms with Gasteiger partial charge in [-0.1, -0.05) is 11.6 Å². The lowest BCUT2D eigenvalue weighted by molar-refractivity contribution is 0.0681. The van der Waals surface area contributed by atoms with Crippen LogP contribution in [0.1, 0.15) is 30.1 Å². The molecule has 8 heteroatoms. The predicted octanol–water partition coefficient (Wildman–Crippen LogP) is 1.52. The maximum absolute atomic E-state index is 12.9. The number of tetrazole rings is 1. The highest BCUT2D eigenvalue weighted by Crippen LogP contribution is 2.24. The van der Waals surface area contributed by atoms with Gasteiger partial charge in [-0.25, -0.2) is 0 Å². The summed E-state index contributed by atoms with van der Waals surface area (Å²) in [5.41, 5.74) is 7.09. The maximum Gasteiger partial charge on any atom is 0.256 e. The van der Waals surface area contributed by atoms with E-state index in [-0.39, 0.29) is 11.9 Å². The van der Waals surface area contributed by atoms with Crippen molar-refractivity contribution in [2.45, 2.75) is 25.8 Å². The van der Waals surface area contributed by atoms with E-state index in [0.717, 1.165) is 12.8 Å². The summed E-state index contributed by atoms with van der Waals surface area (Å²) >= 11 is 6.08. The van der Waals surface area contributed by atoms with Gasteiger partial charge in [-0.15, -0.1) is 5.10 Å². The molecule has 0 bridgehead atoms. The van der Waals surface area contributed by atoms with E-state index in [1.165, 1.54) is 11.0 Å². The molecule has 1 aromatic carbocycles. The van der Waals surface area contributed by atoms with Gasteiger partial charge in [-0.2, -0.15) is 4.68 Å². The zero-order chi connectivity index (χ0) is 16.4. The fourth-order valence-corrected chi connectivity index (χ4v) is 3.12. The third kappa shape index (κ3) is 3.35. The van der Waals surface area contributed by atoms with Crippen LogP contribution in [0.15, 0.2) is 24.5 Å². The van der Waals surface area contributed by atoms with Gasteiger partial charge in [0.25, 0.3) is 5.91 Å². The molecule has 0 spiro atoms. The first-order valence-electron chi connectivity index (χ1n) is 7.64. The minimum absolute atomic E-state index is 0.0545. The van der Waals surface area contributed by atoms with Crippen LogP contribution in [0.25, 0.3) is 5.69 Å². The largest absolute Gasteiger partial charge is 0.339 e. The molecular weight excluding hydrogens is 316 g/mol. The van der Waals surface area contributed by atoms with Crippen molar-refractivity contribution >= 4 is 17.5 Å². The molecule has 1 aliphatic rings. The Bertz CT molecular complexity index is 679. The second-order valence-corrected chi connectivity index (χ2v) is 6.34. The van der Waals surface area contributed by atoms with Crippen molar-refractivity contribution in [3.05, 3.63) is 35.1 Å². The van der Waals surface area contributed by atoms with Crippen LogP contribution in [-0.4, -0.2) is 50.1 Å². The molecule has 1 aliphatic heterocycles. The molecule has 1 atom stereocenters. The van der Waals surface area contributed by atoms with Crippen LogP contribution in [0.5, 0.6) is 0 Å². The quantitative estimate of drug-likeness (QED) is 0.919. The average molecular weight is 335 g/mol. The Kier molecular flexibility index (Phi) is 4.58. The molecule has 1 fully saturated rings. The number of nitrogens with zero attached hydrogens (tertiary/aromatic N) is 5. The Labute approximate surface area is 139 Å². The molecule has 0 radical (unpaired) electrons. The molecule has 7 nitrogen and oxygen atoms in total. The van der Waals surface area contributed by atoms with Gasteiger partial charge in [-0.05, 0) is 54.3 Å². The topological polar surface area (TPSA) is 89.9 Å². The molecule has 23 heavy (non-hydrogen) atoms. The summed E-state index contributed by atoms with van der Waals surface area (Å²) in [5, 5.41) is 11.6. The fraction of sp³-hybridized carbons (Fsp3) is 0.467. The van der Waals surface area contributed by atoms with Crippen molar-refractivity contribution in [1.29, 1.82) is 0 Å². The number of nitrogens with two attached hydrogens (primary N) is 1. The first-order chi connectivity index (χ1) is 11.1. The number of halogens is 1. The monoisotopic (exact) mass is 334 g/mol. The van der Waals surface area contributed by atoms with Crippen LogP contribution in [0.3, 0.4) is 0 Å². The van der Waals surface area contributed by atoms with E-state index >= 15 is 0 Å². The summed E-state index contributed by atoms with van der Waals surface area (Å²) in [4.78, 5) is 14.7. The first-order valence-corrected chi connectivity index (χ1v) is 8.02. The van der Waals surface area contributed by atoms with Gasteiger partial charge < -0.3 is 10.6 Å². The Morgan fingerprint density at radius 3 is 2.74 bits per heavy atom. The SMILES string of the molecule is CC(N)C1CCN(C(=O)c2cc(Cl)ccc2-n2cnnn2)CC1. The number of hydrogen-bond acceptors (Lipinski definition) is 5. The van der Waals surface area contributed by atoms with Crippen LogP contribution in [-0.2, 0) is 0 Å². The van der Waals surface area contributed by atoms with Gasteiger partial charge in [0.2, 0.25) is 0 Å². The summed E-state index contributed by atoms with van der Waals surface area (Å²) < 4.78 is 1.47. The highest BCUT2D eigenvalue weighted by molar-refractivity contribution is 6.31. The van der Waals surface area contributed by atoms with E-state index in [4.69, 9.17) is 17.3 Å². The van der Waals surface area contributed by atoms with E-state index in [2.05, 4.69) is 15.5 Å². The van der Waals surface area contributed by atoms with Gasteiger partial charge in [0, 0.05) is 24.2 Å². The van der Waals surface area contributed by atoms with Crippen LogP contribution in [0.2, 0.25) is 5.02 Å². The molecule has 0 aliphatic carbocycles. The molecule has 2 aromatic rings. The van der Waals surface area contributed by atoms with E-state index in [0.29, 0.717) is 35.3 Å². The molecule has 122 valence electrons. The molecule has 2 N–H and O–H groups in total. The Balaban J connectivity index is 1.84. The van der Waals surface area contributed by atoms with Crippen LogP contribution < -0.4 is 5.73 Å². The maximum atomic E-state index is 12.9. The smallest absolute Gasteiger partial charge is 0.256 e. The zero-order valence-electron chi connectivity index (χ0n) is 12.9. The highest BCUT2D eigenvalue weighted by Gasteiger charge is 2.27. The fourth-order valence-electron chi connectivity index (χ4n) is 2.95. The summed E-state index contributed by atoms with van der Waals surface area (Å²) in [7, 11) is 0. The lowest BCUT2D eigenvalue weighted by Gasteiger charge is -2.34. The predicted molar refractivity (Wildman–Crippen MR) is 86.4 cm³/mol. The van der Waals surface area contributed by atoms with Crippen LogP contribution >= 0.6 is 11.6 Å². The zero-order valence-corrected chi connectivity index (χ0v) is 13.6. The third-order valence-electron chi connectivity index (χ3n) is 4.36. The second-order valence-electron chi connectivity index (χ2n) is 5.90. The molecule has 1 saturated heterocycles. The normalized spacial score (nSPS) is 17.3. The molecule has 0 saturated carbocycles. The molecule has 3 rings (SSSR count). The number of rotatable bonds is 3. The number of amides is 1. The van der Waals surface area contributed by atoms with Gasteiger partial charge in [0.05, 0.1) is 11.3 Å². The van der Waals surface area contributed by atoms with Crippen molar-refractivity contribution in [3.63, 3.8) is 0 Å². The van der Waals surface area contributed by atoms with Crippen molar-refractivity contribution in [2.75, 3.05) is 13.1 Å². The van der Waals surface area contributed by atoms with Gasteiger partial charge in [-0.3, -0.25) is 4.79 Å². The average Bonchev–Trinajstić information content (AvgIpc) is 3.08. The molecule has 2 heterocycles. The number of aromatic nitrogens is 4. The Hall–Kier alpha value is -1.99.